The van der Waals surface area contributed by atoms with Gasteiger partial charge in [0.15, 0.2) is 0 Å². The Morgan fingerprint density at radius 1 is 1.44 bits per heavy atom. The molecule has 1 aliphatic heterocycles. The molecule has 2 N–H and O–H groups in total. The van der Waals surface area contributed by atoms with Crippen molar-refractivity contribution in [1.82, 2.24) is 30.1 Å². The third-order valence-electron chi connectivity index (χ3n) is 4.89. The average molecular weight is 346 g/mol. The van der Waals surface area contributed by atoms with E-state index >= 15 is 0 Å². The zero-order valence-electron chi connectivity index (χ0n) is 15.3. The molecule has 8 heteroatoms. The summed E-state index contributed by atoms with van der Waals surface area (Å²) in [7, 11) is 0. The van der Waals surface area contributed by atoms with E-state index in [1.54, 1.807) is 4.90 Å². The van der Waals surface area contributed by atoms with Gasteiger partial charge in [-0.05, 0) is 19.8 Å². The van der Waals surface area contributed by atoms with Crippen LogP contribution in [0.25, 0.3) is 0 Å². The fourth-order valence-corrected chi connectivity index (χ4v) is 3.42. The molecule has 1 amide bonds. The van der Waals surface area contributed by atoms with Crippen LogP contribution in [0.15, 0.2) is 6.20 Å². The second-order valence-corrected chi connectivity index (χ2v) is 7.35. The Morgan fingerprint density at radius 2 is 2.20 bits per heavy atom. The summed E-state index contributed by atoms with van der Waals surface area (Å²) in [6, 6.07) is 0. The van der Waals surface area contributed by atoms with Crippen molar-refractivity contribution in [3.05, 3.63) is 28.8 Å². The Bertz CT molecular complexity index is 752. The SMILES string of the molecule is Cc1nn(CC(C)C)c(C)c1CC(=O)N1CC[C@@](O)(c2cn[nH]n2)C1. The van der Waals surface area contributed by atoms with Gasteiger partial charge in [0.05, 0.1) is 24.9 Å². The van der Waals surface area contributed by atoms with Crippen LogP contribution in [0.4, 0.5) is 0 Å². The molecule has 136 valence electrons. The first-order chi connectivity index (χ1) is 11.8. The van der Waals surface area contributed by atoms with Gasteiger partial charge in [0.25, 0.3) is 0 Å². The Balaban J connectivity index is 1.70. The first-order valence-corrected chi connectivity index (χ1v) is 8.69. The monoisotopic (exact) mass is 346 g/mol. The third-order valence-corrected chi connectivity index (χ3v) is 4.89. The number of aryl methyl sites for hydroxylation is 1. The number of carbonyl (C=O) groups excluding carboxylic acids is 1. The molecule has 2 aromatic rings. The Hall–Kier alpha value is -2.22. The molecule has 1 fully saturated rings. The van der Waals surface area contributed by atoms with Crippen molar-refractivity contribution < 1.29 is 9.90 Å². The number of aromatic amines is 1. The van der Waals surface area contributed by atoms with Gasteiger partial charge in [0.1, 0.15) is 11.3 Å². The van der Waals surface area contributed by atoms with Gasteiger partial charge in [-0.3, -0.25) is 9.48 Å². The molecule has 3 rings (SSSR count). The number of rotatable bonds is 5. The van der Waals surface area contributed by atoms with Gasteiger partial charge in [-0.25, -0.2) is 0 Å². The van der Waals surface area contributed by atoms with Crippen molar-refractivity contribution in [2.45, 2.75) is 52.7 Å². The lowest BCUT2D eigenvalue weighted by Crippen LogP contribution is -2.35. The third kappa shape index (κ3) is 3.44. The summed E-state index contributed by atoms with van der Waals surface area (Å²) in [5.41, 5.74) is 2.31. The van der Waals surface area contributed by atoms with E-state index in [-0.39, 0.29) is 12.5 Å². The first-order valence-electron chi connectivity index (χ1n) is 8.69. The fourth-order valence-electron chi connectivity index (χ4n) is 3.42. The van der Waals surface area contributed by atoms with Crippen molar-refractivity contribution >= 4 is 5.91 Å². The minimum absolute atomic E-state index is 0.00900. The van der Waals surface area contributed by atoms with Crippen LogP contribution in [0.3, 0.4) is 0 Å². The second-order valence-electron chi connectivity index (χ2n) is 7.35. The number of nitrogens with zero attached hydrogens (tertiary/aromatic N) is 5. The number of likely N-dealkylation sites (tertiary alicyclic amines) is 1. The van der Waals surface area contributed by atoms with Gasteiger partial charge < -0.3 is 10.0 Å². The summed E-state index contributed by atoms with van der Waals surface area (Å²) in [4.78, 5) is 14.4. The van der Waals surface area contributed by atoms with Crippen LogP contribution in [0.5, 0.6) is 0 Å². The molecular weight excluding hydrogens is 320 g/mol. The quantitative estimate of drug-likeness (QED) is 0.839. The van der Waals surface area contributed by atoms with Crippen LogP contribution in [0.1, 0.15) is 42.9 Å². The molecule has 1 atom stereocenters. The lowest BCUT2D eigenvalue weighted by Gasteiger charge is -2.21. The predicted molar refractivity (Wildman–Crippen MR) is 91.7 cm³/mol. The first kappa shape index (κ1) is 17.6. The molecule has 0 bridgehead atoms. The lowest BCUT2D eigenvalue weighted by molar-refractivity contribution is -0.130. The minimum atomic E-state index is -1.12. The summed E-state index contributed by atoms with van der Waals surface area (Å²) >= 11 is 0. The number of amides is 1. The minimum Gasteiger partial charge on any atom is -0.381 e. The van der Waals surface area contributed by atoms with Crippen LogP contribution < -0.4 is 0 Å². The number of β-amino-alcohol motifs (C(OH)–C–C–N with tert-alkyl or cyclic N) is 1. The lowest BCUT2D eigenvalue weighted by atomic mass is 10.00. The van der Waals surface area contributed by atoms with E-state index in [1.807, 2.05) is 18.5 Å². The van der Waals surface area contributed by atoms with Gasteiger partial charge in [-0.2, -0.15) is 20.5 Å². The smallest absolute Gasteiger partial charge is 0.227 e. The van der Waals surface area contributed by atoms with Crippen LogP contribution in [0.2, 0.25) is 0 Å². The van der Waals surface area contributed by atoms with E-state index in [1.165, 1.54) is 6.20 Å². The molecule has 3 heterocycles. The number of hydrogen-bond acceptors (Lipinski definition) is 5. The Morgan fingerprint density at radius 3 is 2.84 bits per heavy atom. The standard InChI is InChI=1S/C17H26N6O2/c1-11(2)9-23-13(4)14(12(3)20-23)7-16(24)22-6-5-17(25,10-22)15-8-18-21-19-15/h8,11,25H,5-7,9-10H2,1-4H3,(H,18,19,21)/t17-/m0/s1. The molecule has 2 aromatic heterocycles. The summed E-state index contributed by atoms with van der Waals surface area (Å²) in [5.74, 6) is 0.507. The summed E-state index contributed by atoms with van der Waals surface area (Å²) in [6.07, 6.45) is 2.29. The van der Waals surface area contributed by atoms with Gasteiger partial charge in [0.2, 0.25) is 5.91 Å². The fraction of sp³-hybridized carbons (Fsp3) is 0.647. The summed E-state index contributed by atoms with van der Waals surface area (Å²) in [6.45, 7) is 9.86. The molecule has 8 nitrogen and oxygen atoms in total. The van der Waals surface area contributed by atoms with Crippen molar-refractivity contribution in [3.8, 4) is 0 Å². The van der Waals surface area contributed by atoms with Crippen molar-refractivity contribution in [3.63, 3.8) is 0 Å². The highest BCUT2D eigenvalue weighted by molar-refractivity contribution is 5.79. The highest BCUT2D eigenvalue weighted by Gasteiger charge is 2.41. The number of nitrogens with one attached hydrogen (secondary N) is 1. The number of carbonyl (C=O) groups is 1. The maximum atomic E-state index is 12.7. The average Bonchev–Trinajstić information content (AvgIpc) is 3.25. The molecule has 0 aliphatic carbocycles. The molecule has 25 heavy (non-hydrogen) atoms. The molecule has 0 unspecified atom stereocenters. The van der Waals surface area contributed by atoms with E-state index in [0.29, 0.717) is 31.0 Å². The number of aliphatic hydroxyl groups is 1. The maximum Gasteiger partial charge on any atom is 0.227 e. The highest BCUT2D eigenvalue weighted by atomic mass is 16.3. The van der Waals surface area contributed by atoms with E-state index in [9.17, 15) is 9.90 Å². The van der Waals surface area contributed by atoms with E-state index < -0.39 is 5.60 Å². The predicted octanol–water partition coefficient (Wildman–Crippen LogP) is 0.937. The molecule has 0 radical (unpaired) electrons. The van der Waals surface area contributed by atoms with Crippen molar-refractivity contribution in [2.75, 3.05) is 13.1 Å². The van der Waals surface area contributed by atoms with Crippen LogP contribution in [-0.4, -0.2) is 54.2 Å². The summed E-state index contributed by atoms with van der Waals surface area (Å²) in [5, 5.41) is 25.5. The number of hydrogen-bond donors (Lipinski definition) is 2. The van der Waals surface area contributed by atoms with Crippen molar-refractivity contribution in [1.29, 1.82) is 0 Å². The van der Waals surface area contributed by atoms with Gasteiger partial charge in [-0.1, -0.05) is 13.8 Å². The molecule has 0 spiro atoms. The molecule has 0 saturated carbocycles. The number of H-pyrrole nitrogens is 1. The highest BCUT2D eigenvalue weighted by Crippen LogP contribution is 2.30. The molecule has 1 saturated heterocycles. The zero-order valence-corrected chi connectivity index (χ0v) is 15.3. The molecule has 1 aliphatic rings. The molecule has 0 aromatic carbocycles. The zero-order chi connectivity index (χ0) is 18.2. The topological polar surface area (TPSA) is 99.9 Å². The second kappa shape index (κ2) is 6.59. The van der Waals surface area contributed by atoms with Gasteiger partial charge >= 0.3 is 0 Å². The Labute approximate surface area is 147 Å². The van der Waals surface area contributed by atoms with Crippen LogP contribution >= 0.6 is 0 Å². The normalized spacial score (nSPS) is 20.6. The van der Waals surface area contributed by atoms with E-state index in [4.69, 9.17) is 0 Å². The number of aromatic nitrogens is 5. The van der Waals surface area contributed by atoms with Crippen LogP contribution in [0, 0.1) is 19.8 Å². The van der Waals surface area contributed by atoms with Gasteiger partial charge in [-0.15, -0.1) is 0 Å². The maximum absolute atomic E-state index is 12.7. The summed E-state index contributed by atoms with van der Waals surface area (Å²) < 4.78 is 1.98. The van der Waals surface area contributed by atoms with Crippen LogP contribution in [-0.2, 0) is 23.4 Å². The van der Waals surface area contributed by atoms with Crippen molar-refractivity contribution in [2.24, 2.45) is 5.92 Å². The van der Waals surface area contributed by atoms with Gasteiger partial charge in [0, 0.05) is 30.8 Å². The van der Waals surface area contributed by atoms with E-state index in [2.05, 4.69) is 34.4 Å². The Kier molecular flexibility index (Phi) is 4.64. The van der Waals surface area contributed by atoms with E-state index in [0.717, 1.165) is 23.5 Å². The molecular formula is C17H26N6O2. The largest absolute Gasteiger partial charge is 0.381 e.